The second kappa shape index (κ2) is 8.48. The molecule has 0 heterocycles. The summed E-state index contributed by atoms with van der Waals surface area (Å²) in [5.41, 5.74) is 1.03. The first-order valence-electron chi connectivity index (χ1n) is 5.89. The molecule has 1 rings (SSSR count). The van der Waals surface area contributed by atoms with E-state index in [0.717, 1.165) is 18.5 Å². The first-order chi connectivity index (χ1) is 8.10. The highest BCUT2D eigenvalue weighted by Gasteiger charge is 2.12. The Bertz CT molecular complexity index is 449. The summed E-state index contributed by atoms with van der Waals surface area (Å²) < 4.78 is 26.4. The number of hydrogen-bond donors (Lipinski definition) is 2. The van der Waals surface area contributed by atoms with E-state index in [1.54, 1.807) is 18.2 Å². The molecule has 18 heavy (non-hydrogen) atoms. The van der Waals surface area contributed by atoms with Crippen LogP contribution in [0.15, 0.2) is 29.2 Å². The first-order valence-corrected chi connectivity index (χ1v) is 7.37. The fourth-order valence-corrected chi connectivity index (χ4v) is 2.57. The molecule has 0 spiro atoms. The molecule has 0 fully saturated rings. The second-order valence-corrected chi connectivity index (χ2v) is 5.52. The van der Waals surface area contributed by atoms with Crippen LogP contribution in [-0.2, 0) is 16.4 Å². The number of likely N-dealkylation sites (N-methyl/N-ethyl adjacent to an activating group) is 1. The Balaban J connectivity index is 0.00000289. The number of hydrogen-bond acceptors (Lipinski definition) is 3. The lowest BCUT2D eigenvalue weighted by Gasteiger charge is -2.08. The van der Waals surface area contributed by atoms with Crippen molar-refractivity contribution in [2.75, 3.05) is 19.6 Å². The molecular formula is C12H21ClN2O2S. The Kier molecular flexibility index (Phi) is 8.18. The van der Waals surface area contributed by atoms with Gasteiger partial charge in [-0.2, -0.15) is 0 Å². The summed E-state index contributed by atoms with van der Waals surface area (Å²) in [4.78, 5) is 0.341. The first kappa shape index (κ1) is 17.4. The van der Waals surface area contributed by atoms with Crippen molar-refractivity contribution in [3.05, 3.63) is 29.8 Å². The Morgan fingerprint density at radius 3 is 2.50 bits per heavy atom. The molecule has 2 N–H and O–H groups in total. The van der Waals surface area contributed by atoms with Gasteiger partial charge in [-0.25, -0.2) is 13.1 Å². The van der Waals surface area contributed by atoms with Crippen molar-refractivity contribution in [1.29, 1.82) is 0 Å². The van der Waals surface area contributed by atoms with Crippen LogP contribution in [-0.4, -0.2) is 28.1 Å². The minimum absolute atomic E-state index is 0. The lowest BCUT2D eigenvalue weighted by atomic mass is 10.2. The Hall–Kier alpha value is -0.620. The van der Waals surface area contributed by atoms with Crippen LogP contribution >= 0.6 is 12.4 Å². The topological polar surface area (TPSA) is 58.2 Å². The van der Waals surface area contributed by atoms with Crippen molar-refractivity contribution < 1.29 is 8.42 Å². The lowest BCUT2D eigenvalue weighted by molar-refractivity contribution is 0.577. The van der Waals surface area contributed by atoms with E-state index in [1.165, 1.54) is 0 Å². The third-order valence-electron chi connectivity index (χ3n) is 2.46. The summed E-state index contributed by atoms with van der Waals surface area (Å²) in [7, 11) is -3.36. The van der Waals surface area contributed by atoms with Gasteiger partial charge in [0.1, 0.15) is 0 Å². The van der Waals surface area contributed by atoms with Gasteiger partial charge in [0.05, 0.1) is 4.90 Å². The molecule has 4 nitrogen and oxygen atoms in total. The van der Waals surface area contributed by atoms with Gasteiger partial charge in [-0.1, -0.05) is 26.0 Å². The molecule has 0 aliphatic heterocycles. The average Bonchev–Trinajstić information content (AvgIpc) is 2.35. The molecule has 1 aromatic rings. The fraction of sp³-hybridized carbons (Fsp3) is 0.500. The van der Waals surface area contributed by atoms with Crippen LogP contribution in [0.4, 0.5) is 0 Å². The summed E-state index contributed by atoms with van der Waals surface area (Å²) in [6, 6.07) is 7.04. The van der Waals surface area contributed by atoms with Gasteiger partial charge in [-0.15, -0.1) is 12.4 Å². The van der Waals surface area contributed by atoms with Gasteiger partial charge < -0.3 is 5.32 Å². The van der Waals surface area contributed by atoms with Gasteiger partial charge in [0.25, 0.3) is 0 Å². The highest BCUT2D eigenvalue weighted by atomic mass is 35.5. The van der Waals surface area contributed by atoms with E-state index >= 15 is 0 Å². The molecule has 0 aliphatic carbocycles. The van der Waals surface area contributed by atoms with Crippen LogP contribution in [0.2, 0.25) is 0 Å². The summed E-state index contributed by atoms with van der Waals surface area (Å²) in [5.74, 6) is 0. The predicted octanol–water partition coefficient (Wildman–Crippen LogP) is 1.56. The van der Waals surface area contributed by atoms with Gasteiger partial charge in [-0.05, 0) is 30.7 Å². The Labute approximate surface area is 116 Å². The van der Waals surface area contributed by atoms with Crippen molar-refractivity contribution in [2.45, 2.75) is 25.2 Å². The molecule has 0 saturated carbocycles. The van der Waals surface area contributed by atoms with Crippen LogP contribution in [0, 0.1) is 0 Å². The SMILES string of the molecule is CCNCCNS(=O)(=O)c1cccc(CC)c1.Cl. The van der Waals surface area contributed by atoms with Crippen LogP contribution < -0.4 is 10.0 Å². The standard InChI is InChI=1S/C12H20N2O2S.ClH/c1-3-11-6-5-7-12(10-11)17(15,16)14-9-8-13-4-2;/h5-7,10,13-14H,3-4,8-9H2,1-2H3;1H. The molecule has 0 atom stereocenters. The maximum absolute atomic E-state index is 11.9. The summed E-state index contributed by atoms with van der Waals surface area (Å²) in [5, 5.41) is 3.07. The zero-order valence-corrected chi connectivity index (χ0v) is 12.4. The van der Waals surface area contributed by atoms with E-state index in [-0.39, 0.29) is 12.4 Å². The third-order valence-corrected chi connectivity index (χ3v) is 3.92. The van der Waals surface area contributed by atoms with Crippen LogP contribution in [0.5, 0.6) is 0 Å². The molecule has 1 aromatic carbocycles. The number of halogens is 1. The van der Waals surface area contributed by atoms with Gasteiger partial charge in [0.15, 0.2) is 0 Å². The molecule has 0 saturated heterocycles. The molecule has 0 unspecified atom stereocenters. The van der Waals surface area contributed by atoms with Crippen molar-refractivity contribution in [2.24, 2.45) is 0 Å². The van der Waals surface area contributed by atoms with Gasteiger partial charge in [0, 0.05) is 13.1 Å². The highest BCUT2D eigenvalue weighted by Crippen LogP contribution is 2.11. The maximum Gasteiger partial charge on any atom is 0.240 e. The van der Waals surface area contributed by atoms with Crippen molar-refractivity contribution in [3.8, 4) is 0 Å². The number of nitrogens with one attached hydrogen (secondary N) is 2. The van der Waals surface area contributed by atoms with E-state index in [1.807, 2.05) is 19.9 Å². The normalized spacial score (nSPS) is 11.0. The molecule has 6 heteroatoms. The average molecular weight is 293 g/mol. The fourth-order valence-electron chi connectivity index (χ4n) is 1.47. The maximum atomic E-state index is 11.9. The van der Waals surface area contributed by atoms with Gasteiger partial charge in [0.2, 0.25) is 10.0 Å². The van der Waals surface area contributed by atoms with E-state index in [0.29, 0.717) is 18.0 Å². The molecule has 0 radical (unpaired) electrons. The summed E-state index contributed by atoms with van der Waals surface area (Å²) in [6.07, 6.45) is 0.834. The predicted molar refractivity (Wildman–Crippen MR) is 76.8 cm³/mol. The monoisotopic (exact) mass is 292 g/mol. The van der Waals surface area contributed by atoms with Crippen LogP contribution in [0.1, 0.15) is 19.4 Å². The summed E-state index contributed by atoms with van der Waals surface area (Å²) >= 11 is 0. The Morgan fingerprint density at radius 2 is 1.89 bits per heavy atom. The van der Waals surface area contributed by atoms with Crippen LogP contribution in [0.3, 0.4) is 0 Å². The van der Waals surface area contributed by atoms with E-state index in [2.05, 4.69) is 10.0 Å². The van der Waals surface area contributed by atoms with Crippen molar-refractivity contribution >= 4 is 22.4 Å². The molecule has 0 aliphatic rings. The van der Waals surface area contributed by atoms with Gasteiger partial charge in [-0.3, -0.25) is 0 Å². The van der Waals surface area contributed by atoms with Crippen molar-refractivity contribution in [3.63, 3.8) is 0 Å². The Morgan fingerprint density at radius 1 is 1.17 bits per heavy atom. The quantitative estimate of drug-likeness (QED) is 0.750. The number of benzene rings is 1. The number of rotatable bonds is 7. The molecule has 0 aromatic heterocycles. The molecular weight excluding hydrogens is 272 g/mol. The summed E-state index contributed by atoms with van der Waals surface area (Å²) in [6.45, 7) is 5.88. The highest BCUT2D eigenvalue weighted by molar-refractivity contribution is 7.89. The molecule has 0 bridgehead atoms. The van der Waals surface area contributed by atoms with E-state index in [9.17, 15) is 8.42 Å². The lowest BCUT2D eigenvalue weighted by Crippen LogP contribution is -2.31. The second-order valence-electron chi connectivity index (χ2n) is 3.75. The zero-order valence-electron chi connectivity index (χ0n) is 10.8. The minimum atomic E-state index is -3.36. The van der Waals surface area contributed by atoms with Gasteiger partial charge >= 0.3 is 0 Å². The molecule has 104 valence electrons. The van der Waals surface area contributed by atoms with E-state index in [4.69, 9.17) is 0 Å². The van der Waals surface area contributed by atoms with Crippen molar-refractivity contribution in [1.82, 2.24) is 10.0 Å². The smallest absolute Gasteiger partial charge is 0.240 e. The zero-order chi connectivity index (χ0) is 12.7. The third kappa shape index (κ3) is 5.35. The van der Waals surface area contributed by atoms with Crippen LogP contribution in [0.25, 0.3) is 0 Å². The number of sulfonamides is 1. The number of aryl methyl sites for hydroxylation is 1. The minimum Gasteiger partial charge on any atom is -0.316 e. The van der Waals surface area contributed by atoms with E-state index < -0.39 is 10.0 Å². The largest absolute Gasteiger partial charge is 0.316 e. The molecule has 0 amide bonds.